The highest BCUT2D eigenvalue weighted by molar-refractivity contribution is 6.30. The fourth-order valence-electron chi connectivity index (χ4n) is 3.44. The molecule has 0 radical (unpaired) electrons. The van der Waals surface area contributed by atoms with Crippen molar-refractivity contribution in [3.63, 3.8) is 0 Å². The summed E-state index contributed by atoms with van der Waals surface area (Å²) in [5.74, 6) is -0.0829. The van der Waals surface area contributed by atoms with Gasteiger partial charge in [-0.2, -0.15) is 0 Å². The van der Waals surface area contributed by atoms with E-state index in [0.717, 1.165) is 31.9 Å². The van der Waals surface area contributed by atoms with Crippen molar-refractivity contribution in [3.05, 3.63) is 34.9 Å². The molecule has 1 aromatic rings. The number of amides is 1. The third-order valence-corrected chi connectivity index (χ3v) is 5.36. The summed E-state index contributed by atoms with van der Waals surface area (Å²) in [5.41, 5.74) is 7.28. The fourth-order valence-corrected chi connectivity index (χ4v) is 3.57. The molecule has 2 aliphatic heterocycles. The molecule has 6 nitrogen and oxygen atoms in total. The summed E-state index contributed by atoms with van der Waals surface area (Å²) < 4.78 is 5.42. The molecule has 138 valence electrons. The molecule has 7 heteroatoms. The molecule has 0 spiro atoms. The van der Waals surface area contributed by atoms with Gasteiger partial charge in [0.25, 0.3) is 0 Å². The van der Waals surface area contributed by atoms with Crippen molar-refractivity contribution >= 4 is 17.5 Å². The summed E-state index contributed by atoms with van der Waals surface area (Å²) in [5, 5.41) is 3.84. The van der Waals surface area contributed by atoms with Crippen LogP contribution < -0.4 is 16.2 Å². The highest BCUT2D eigenvalue weighted by atomic mass is 35.5. The Morgan fingerprint density at radius 3 is 2.68 bits per heavy atom. The van der Waals surface area contributed by atoms with Crippen LogP contribution in [0.5, 0.6) is 0 Å². The first-order chi connectivity index (χ1) is 12.0. The Hall–Kier alpha value is -1.18. The second kappa shape index (κ2) is 8.01. The van der Waals surface area contributed by atoms with Crippen molar-refractivity contribution in [3.8, 4) is 0 Å². The second-order valence-corrected chi connectivity index (χ2v) is 7.73. The number of hydrazine groups is 1. The van der Waals surface area contributed by atoms with E-state index in [1.807, 2.05) is 24.3 Å². The first-order valence-electron chi connectivity index (χ1n) is 8.82. The number of benzene rings is 1. The Balaban J connectivity index is 1.59. The number of ether oxygens (including phenoxy) is 1. The topological polar surface area (TPSA) is 65.6 Å². The molecule has 1 amide bonds. The average Bonchev–Trinajstić information content (AvgIpc) is 3.11. The summed E-state index contributed by atoms with van der Waals surface area (Å²) in [7, 11) is 0. The zero-order valence-corrected chi connectivity index (χ0v) is 15.6. The predicted octanol–water partition coefficient (Wildman–Crippen LogP) is 1.33. The molecule has 2 saturated heterocycles. The van der Waals surface area contributed by atoms with E-state index in [-0.39, 0.29) is 23.4 Å². The molecule has 0 saturated carbocycles. The van der Waals surface area contributed by atoms with Crippen LogP contribution in [0, 0.1) is 5.92 Å². The van der Waals surface area contributed by atoms with Gasteiger partial charge in [0.15, 0.2) is 0 Å². The van der Waals surface area contributed by atoms with E-state index in [4.69, 9.17) is 16.3 Å². The molecule has 2 fully saturated rings. The minimum absolute atomic E-state index is 0.0521. The Labute approximate surface area is 154 Å². The van der Waals surface area contributed by atoms with Gasteiger partial charge in [-0.15, -0.1) is 0 Å². The third-order valence-electron chi connectivity index (χ3n) is 5.11. The highest BCUT2D eigenvalue weighted by Crippen LogP contribution is 2.26. The lowest BCUT2D eigenvalue weighted by atomic mass is 9.93. The van der Waals surface area contributed by atoms with Crippen LogP contribution in [0.4, 0.5) is 0 Å². The van der Waals surface area contributed by atoms with Gasteiger partial charge in [-0.3, -0.25) is 15.1 Å². The van der Waals surface area contributed by atoms with Gasteiger partial charge in [0.05, 0.1) is 25.2 Å². The quantitative estimate of drug-likeness (QED) is 0.733. The normalized spacial score (nSPS) is 25.1. The summed E-state index contributed by atoms with van der Waals surface area (Å²) in [4.78, 5) is 15.1. The maximum Gasteiger partial charge on any atom is 0.226 e. The maximum atomic E-state index is 12.8. The van der Waals surface area contributed by atoms with E-state index < -0.39 is 0 Å². The molecule has 0 aliphatic carbocycles. The summed E-state index contributed by atoms with van der Waals surface area (Å²) in [6.45, 7) is 8.89. The van der Waals surface area contributed by atoms with Gasteiger partial charge in [-0.05, 0) is 31.5 Å². The van der Waals surface area contributed by atoms with Crippen LogP contribution in [0.1, 0.15) is 25.5 Å². The van der Waals surface area contributed by atoms with Crippen molar-refractivity contribution < 1.29 is 9.53 Å². The van der Waals surface area contributed by atoms with Gasteiger partial charge in [-0.1, -0.05) is 23.7 Å². The predicted molar refractivity (Wildman–Crippen MR) is 98.3 cm³/mol. The number of nitrogens with zero attached hydrogens (tertiary/aromatic N) is 1. The summed E-state index contributed by atoms with van der Waals surface area (Å²) in [6.07, 6.45) is 0. The number of nitrogens with one attached hydrogen (secondary N) is 3. The first kappa shape index (κ1) is 18.6. The molecule has 3 rings (SSSR count). The Morgan fingerprint density at radius 1 is 1.32 bits per heavy atom. The standard InChI is InChI=1S/C18H27ClN4O2/c1-18(2,23-7-9-25-10-8-23)12-20-17(24)15-11-21-22-16(15)13-3-5-14(19)6-4-13/h3-6,15-16,21-22H,7-12H2,1-2H3,(H,20,24). The molecule has 2 unspecified atom stereocenters. The van der Waals surface area contributed by atoms with Crippen molar-refractivity contribution in [1.29, 1.82) is 0 Å². The van der Waals surface area contributed by atoms with Gasteiger partial charge >= 0.3 is 0 Å². The molecular weight excluding hydrogens is 340 g/mol. The van der Waals surface area contributed by atoms with Crippen LogP contribution in [0.3, 0.4) is 0 Å². The van der Waals surface area contributed by atoms with Gasteiger partial charge in [-0.25, -0.2) is 5.43 Å². The number of hydrogen-bond donors (Lipinski definition) is 3. The van der Waals surface area contributed by atoms with Crippen molar-refractivity contribution in [2.45, 2.75) is 25.4 Å². The van der Waals surface area contributed by atoms with Crippen molar-refractivity contribution in [2.24, 2.45) is 5.92 Å². The minimum Gasteiger partial charge on any atom is -0.379 e. The fraction of sp³-hybridized carbons (Fsp3) is 0.611. The van der Waals surface area contributed by atoms with Crippen LogP contribution in [0.2, 0.25) is 5.02 Å². The number of hydrogen-bond acceptors (Lipinski definition) is 5. The Kier molecular flexibility index (Phi) is 5.96. The molecule has 2 aliphatic rings. The van der Waals surface area contributed by atoms with Crippen LogP contribution in [0.25, 0.3) is 0 Å². The van der Waals surface area contributed by atoms with Gasteiger partial charge in [0.2, 0.25) is 5.91 Å². The molecule has 2 heterocycles. The first-order valence-corrected chi connectivity index (χ1v) is 9.19. The van der Waals surface area contributed by atoms with Crippen LogP contribution >= 0.6 is 11.6 Å². The second-order valence-electron chi connectivity index (χ2n) is 7.29. The Bertz CT molecular complexity index is 587. The van der Waals surface area contributed by atoms with E-state index in [9.17, 15) is 4.79 Å². The molecule has 25 heavy (non-hydrogen) atoms. The number of halogens is 1. The van der Waals surface area contributed by atoms with E-state index >= 15 is 0 Å². The van der Waals surface area contributed by atoms with Crippen LogP contribution in [-0.4, -0.2) is 55.7 Å². The highest BCUT2D eigenvalue weighted by Gasteiger charge is 2.35. The van der Waals surface area contributed by atoms with Crippen molar-refractivity contribution in [2.75, 3.05) is 39.4 Å². The SMILES string of the molecule is CC(C)(CNC(=O)C1CNNC1c1ccc(Cl)cc1)N1CCOCC1. The maximum absolute atomic E-state index is 12.8. The van der Waals surface area contributed by atoms with Gasteiger partial charge in [0.1, 0.15) is 0 Å². The van der Waals surface area contributed by atoms with Crippen molar-refractivity contribution in [1.82, 2.24) is 21.1 Å². The monoisotopic (exact) mass is 366 g/mol. The van der Waals surface area contributed by atoms with Crippen LogP contribution in [0.15, 0.2) is 24.3 Å². The molecule has 3 N–H and O–H groups in total. The van der Waals surface area contributed by atoms with E-state index in [0.29, 0.717) is 18.1 Å². The number of carbonyl (C=O) groups excluding carboxylic acids is 1. The average molecular weight is 367 g/mol. The van der Waals surface area contributed by atoms with E-state index in [2.05, 4.69) is 34.9 Å². The van der Waals surface area contributed by atoms with Gasteiger partial charge < -0.3 is 10.1 Å². The number of carbonyl (C=O) groups is 1. The lowest BCUT2D eigenvalue weighted by Crippen LogP contribution is -2.56. The molecular formula is C18H27ClN4O2. The smallest absolute Gasteiger partial charge is 0.226 e. The van der Waals surface area contributed by atoms with E-state index in [1.165, 1.54) is 0 Å². The lowest BCUT2D eigenvalue weighted by Gasteiger charge is -2.41. The number of rotatable bonds is 5. The molecule has 0 bridgehead atoms. The van der Waals surface area contributed by atoms with Crippen LogP contribution in [-0.2, 0) is 9.53 Å². The van der Waals surface area contributed by atoms with Gasteiger partial charge in [0, 0.05) is 36.7 Å². The summed E-state index contributed by atoms with van der Waals surface area (Å²) >= 11 is 5.96. The summed E-state index contributed by atoms with van der Waals surface area (Å²) in [6, 6.07) is 7.58. The zero-order chi connectivity index (χ0) is 17.9. The van der Waals surface area contributed by atoms with E-state index in [1.54, 1.807) is 0 Å². The molecule has 1 aromatic carbocycles. The molecule has 2 atom stereocenters. The zero-order valence-electron chi connectivity index (χ0n) is 14.8. The minimum atomic E-state index is -0.151. The lowest BCUT2D eigenvalue weighted by molar-refractivity contribution is -0.125. The third kappa shape index (κ3) is 4.51. The Morgan fingerprint density at radius 2 is 2.00 bits per heavy atom. The number of morpholine rings is 1. The largest absolute Gasteiger partial charge is 0.379 e. The molecule has 0 aromatic heterocycles.